The van der Waals surface area contributed by atoms with E-state index in [9.17, 15) is 15.0 Å². The van der Waals surface area contributed by atoms with Crippen molar-refractivity contribution in [2.45, 2.75) is 31.8 Å². The second kappa shape index (κ2) is 8.48. The number of rotatable bonds is 5. The highest BCUT2D eigenvalue weighted by Crippen LogP contribution is 2.52. The van der Waals surface area contributed by atoms with Crippen LogP contribution in [0.25, 0.3) is 11.1 Å². The van der Waals surface area contributed by atoms with Gasteiger partial charge in [0.05, 0.1) is 20.1 Å². The number of hydrogen-bond acceptors (Lipinski definition) is 7. The summed E-state index contributed by atoms with van der Waals surface area (Å²) in [6.45, 7) is 1.53. The van der Waals surface area contributed by atoms with Crippen LogP contribution in [0.1, 0.15) is 41.2 Å². The number of benzene rings is 3. The van der Waals surface area contributed by atoms with Crippen LogP contribution in [-0.4, -0.2) is 37.0 Å². The highest BCUT2D eigenvalue weighted by molar-refractivity contribution is 5.81. The molecule has 0 radical (unpaired) electrons. The van der Waals surface area contributed by atoms with Gasteiger partial charge in [-0.1, -0.05) is 6.07 Å². The number of carbonyl (C=O) groups excluding carboxylic acids is 1. The molecule has 3 aromatic rings. The van der Waals surface area contributed by atoms with Crippen LogP contribution in [-0.2, 0) is 22.4 Å². The van der Waals surface area contributed by atoms with Crippen LogP contribution < -0.4 is 14.2 Å². The molecule has 3 aromatic carbocycles. The topological polar surface area (TPSA) is 94.5 Å². The minimum atomic E-state index is -0.422. The van der Waals surface area contributed by atoms with Crippen molar-refractivity contribution in [2.75, 3.05) is 20.8 Å². The highest BCUT2D eigenvalue weighted by Gasteiger charge is 2.38. The van der Waals surface area contributed by atoms with Crippen molar-refractivity contribution in [3.8, 4) is 39.9 Å². The lowest BCUT2D eigenvalue weighted by molar-refractivity contribution is -0.141. The number of esters is 1. The number of ether oxygens (including phenoxy) is 4. The third-order valence-corrected chi connectivity index (χ3v) is 6.57. The number of fused-ring (bicyclic) bond motifs is 4. The van der Waals surface area contributed by atoms with Gasteiger partial charge in [0.1, 0.15) is 30.0 Å². The molecule has 0 saturated carbocycles. The van der Waals surface area contributed by atoms with Crippen LogP contribution >= 0.6 is 0 Å². The fourth-order valence-corrected chi connectivity index (χ4v) is 5.00. The number of phenolic OH excluding ortho intramolecular Hbond substituents is 2. The van der Waals surface area contributed by atoms with Crippen LogP contribution in [0.3, 0.4) is 0 Å². The van der Waals surface area contributed by atoms with Crippen molar-refractivity contribution >= 4 is 5.97 Å². The normalized spacial score (nSPS) is 17.7. The number of aromatic hydroxyl groups is 2. The van der Waals surface area contributed by atoms with Gasteiger partial charge in [-0.2, -0.15) is 0 Å². The number of phenols is 2. The standard InChI is InChI=1S/C27H26O7/c1-14(28)33-13-21-20-12-19-15(4-5-16-8-18(29)11-25(32-3)26(16)19)9-23(20)34-27(21)17-6-7-22(30)24(10-17)31-2/h6-12,21,27,29-30H,4-5,13H2,1-3H3/t21?,27-/m1/s1. The van der Waals surface area contributed by atoms with Gasteiger partial charge in [-0.25, -0.2) is 0 Å². The molecule has 2 N–H and O–H groups in total. The molecule has 0 spiro atoms. The maximum atomic E-state index is 11.7. The molecule has 176 valence electrons. The van der Waals surface area contributed by atoms with Crippen molar-refractivity contribution in [2.24, 2.45) is 0 Å². The van der Waals surface area contributed by atoms with Gasteiger partial charge in [-0.15, -0.1) is 0 Å². The van der Waals surface area contributed by atoms with E-state index in [1.807, 2.05) is 0 Å². The predicted molar refractivity (Wildman–Crippen MR) is 125 cm³/mol. The van der Waals surface area contributed by atoms with Crippen LogP contribution in [0.2, 0.25) is 0 Å². The fraction of sp³-hybridized carbons (Fsp3) is 0.296. The summed E-state index contributed by atoms with van der Waals surface area (Å²) in [5, 5.41) is 20.1. The van der Waals surface area contributed by atoms with Crippen molar-refractivity contribution in [3.05, 3.63) is 64.7 Å². The molecule has 0 fully saturated rings. The zero-order valence-corrected chi connectivity index (χ0v) is 19.3. The van der Waals surface area contributed by atoms with E-state index in [1.54, 1.807) is 37.4 Å². The Balaban J connectivity index is 1.62. The smallest absolute Gasteiger partial charge is 0.302 e. The summed E-state index contributed by atoms with van der Waals surface area (Å²) in [6, 6.07) is 12.7. The van der Waals surface area contributed by atoms with E-state index in [0.717, 1.165) is 52.0 Å². The Bertz CT molecular complexity index is 1260. The number of methoxy groups -OCH3 is 2. The molecule has 0 aromatic heterocycles. The molecule has 0 amide bonds. The minimum absolute atomic E-state index is 0.0423. The third-order valence-electron chi connectivity index (χ3n) is 6.57. The Morgan fingerprint density at radius 2 is 1.76 bits per heavy atom. The lowest BCUT2D eigenvalue weighted by atomic mass is 9.82. The van der Waals surface area contributed by atoms with E-state index in [4.69, 9.17) is 18.9 Å². The average Bonchev–Trinajstić information content (AvgIpc) is 3.18. The number of carbonyl (C=O) groups is 1. The quantitative estimate of drug-likeness (QED) is 0.533. The largest absolute Gasteiger partial charge is 0.508 e. The van der Waals surface area contributed by atoms with Crippen molar-refractivity contribution < 1.29 is 34.0 Å². The molecular weight excluding hydrogens is 436 g/mol. The van der Waals surface area contributed by atoms with E-state index < -0.39 is 6.10 Å². The molecule has 1 aliphatic carbocycles. The van der Waals surface area contributed by atoms with E-state index in [0.29, 0.717) is 11.5 Å². The van der Waals surface area contributed by atoms with Gasteiger partial charge in [-0.05, 0) is 65.4 Å². The first-order chi connectivity index (χ1) is 16.4. The van der Waals surface area contributed by atoms with E-state index in [2.05, 4.69) is 12.1 Å². The molecule has 1 unspecified atom stereocenters. The molecular formula is C27H26O7. The second-order valence-electron chi connectivity index (χ2n) is 8.61. The molecule has 0 saturated heterocycles. The van der Waals surface area contributed by atoms with E-state index in [1.165, 1.54) is 14.0 Å². The summed E-state index contributed by atoms with van der Waals surface area (Å²) >= 11 is 0. The Hall–Kier alpha value is -3.87. The number of hydrogen-bond donors (Lipinski definition) is 2. The Morgan fingerprint density at radius 1 is 1.00 bits per heavy atom. The van der Waals surface area contributed by atoms with Gasteiger partial charge in [0, 0.05) is 24.1 Å². The van der Waals surface area contributed by atoms with Gasteiger partial charge in [0.15, 0.2) is 11.5 Å². The number of aryl methyl sites for hydroxylation is 2. The van der Waals surface area contributed by atoms with Gasteiger partial charge < -0.3 is 29.2 Å². The maximum absolute atomic E-state index is 11.7. The molecule has 2 aliphatic rings. The Morgan fingerprint density at radius 3 is 2.50 bits per heavy atom. The van der Waals surface area contributed by atoms with Gasteiger partial charge in [0.2, 0.25) is 0 Å². The third kappa shape index (κ3) is 3.67. The molecule has 7 heteroatoms. The minimum Gasteiger partial charge on any atom is -0.508 e. The zero-order valence-electron chi connectivity index (χ0n) is 19.3. The summed E-state index contributed by atoms with van der Waals surface area (Å²) in [5.41, 5.74) is 5.89. The summed E-state index contributed by atoms with van der Waals surface area (Å²) in [6.07, 6.45) is 1.16. The van der Waals surface area contributed by atoms with Crippen molar-refractivity contribution in [1.82, 2.24) is 0 Å². The lowest BCUT2D eigenvalue weighted by Crippen LogP contribution is -2.17. The van der Waals surface area contributed by atoms with Gasteiger partial charge in [0.25, 0.3) is 0 Å². The fourth-order valence-electron chi connectivity index (χ4n) is 5.00. The molecule has 1 aliphatic heterocycles. The molecule has 7 nitrogen and oxygen atoms in total. The van der Waals surface area contributed by atoms with Crippen LogP contribution in [0.15, 0.2) is 42.5 Å². The maximum Gasteiger partial charge on any atom is 0.302 e. The van der Waals surface area contributed by atoms with Crippen LogP contribution in [0.4, 0.5) is 0 Å². The van der Waals surface area contributed by atoms with E-state index in [-0.39, 0.29) is 30.0 Å². The summed E-state index contributed by atoms with van der Waals surface area (Å²) < 4.78 is 22.7. The summed E-state index contributed by atoms with van der Waals surface area (Å²) in [7, 11) is 3.09. The SMILES string of the molecule is COc1cc([C@H]2Oc3cc4c(cc3C2COC(C)=O)-c2c(cc(O)cc2OC)CC4)ccc1O. The van der Waals surface area contributed by atoms with Crippen molar-refractivity contribution in [1.29, 1.82) is 0 Å². The highest BCUT2D eigenvalue weighted by atomic mass is 16.5. The molecule has 34 heavy (non-hydrogen) atoms. The molecule has 1 heterocycles. The van der Waals surface area contributed by atoms with Gasteiger partial charge in [-0.3, -0.25) is 4.79 Å². The summed E-state index contributed by atoms with van der Waals surface area (Å²) in [5.74, 6) is 1.31. The van der Waals surface area contributed by atoms with Crippen LogP contribution in [0, 0.1) is 0 Å². The monoisotopic (exact) mass is 462 g/mol. The predicted octanol–water partition coefficient (Wildman–Crippen LogP) is 4.66. The first kappa shape index (κ1) is 21.9. The lowest BCUT2D eigenvalue weighted by Gasteiger charge is -2.24. The average molecular weight is 462 g/mol. The molecule has 0 bridgehead atoms. The van der Waals surface area contributed by atoms with Crippen LogP contribution in [0.5, 0.6) is 28.7 Å². The zero-order chi connectivity index (χ0) is 24.0. The van der Waals surface area contributed by atoms with Gasteiger partial charge >= 0.3 is 5.97 Å². The first-order valence-corrected chi connectivity index (χ1v) is 11.1. The molecule has 5 rings (SSSR count). The van der Waals surface area contributed by atoms with Crippen molar-refractivity contribution in [3.63, 3.8) is 0 Å². The van der Waals surface area contributed by atoms with E-state index >= 15 is 0 Å². The second-order valence-corrected chi connectivity index (χ2v) is 8.61. The first-order valence-electron chi connectivity index (χ1n) is 11.1. The Kier molecular flexibility index (Phi) is 5.48. The Labute approximate surface area is 197 Å². The molecule has 2 atom stereocenters. The summed E-state index contributed by atoms with van der Waals surface area (Å²) in [4.78, 5) is 11.7.